The van der Waals surface area contributed by atoms with Crippen molar-refractivity contribution in [1.29, 1.82) is 5.41 Å². The van der Waals surface area contributed by atoms with E-state index < -0.39 is 0 Å². The molecule has 1 aromatic rings. The second kappa shape index (κ2) is 5.36. The molecule has 1 unspecified atom stereocenters. The van der Waals surface area contributed by atoms with Crippen molar-refractivity contribution < 1.29 is 9.47 Å². The molecule has 4 nitrogen and oxygen atoms in total. The molecule has 0 aliphatic carbocycles. The first-order valence-electron chi connectivity index (χ1n) is 4.73. The summed E-state index contributed by atoms with van der Waals surface area (Å²) < 4.78 is 10.5. The summed E-state index contributed by atoms with van der Waals surface area (Å²) in [7, 11) is 1.63. The first-order chi connectivity index (χ1) is 7.13. The third-order valence-corrected chi connectivity index (χ3v) is 1.88. The van der Waals surface area contributed by atoms with Gasteiger partial charge in [0.25, 0.3) is 0 Å². The van der Waals surface area contributed by atoms with E-state index in [1.807, 2.05) is 19.1 Å². The summed E-state index contributed by atoms with van der Waals surface area (Å²) in [5, 5.41) is 7.29. The van der Waals surface area contributed by atoms with E-state index in [-0.39, 0.29) is 11.9 Å². The van der Waals surface area contributed by atoms with Gasteiger partial charge in [0, 0.05) is 12.7 Å². The van der Waals surface area contributed by atoms with Crippen molar-refractivity contribution in [3.63, 3.8) is 0 Å². The van der Waals surface area contributed by atoms with Gasteiger partial charge in [0.15, 0.2) is 0 Å². The van der Waals surface area contributed by atoms with Crippen LogP contribution in [0, 0.1) is 5.41 Å². The van der Waals surface area contributed by atoms with E-state index in [9.17, 15) is 0 Å². The summed E-state index contributed by atoms with van der Waals surface area (Å²) >= 11 is 0. The van der Waals surface area contributed by atoms with Crippen LogP contribution in [0.4, 0.5) is 0 Å². The summed E-state index contributed by atoms with van der Waals surface area (Å²) in [6.45, 7) is 2.45. The number of nitrogens with two attached hydrogens (primary N) is 1. The van der Waals surface area contributed by atoms with Gasteiger partial charge >= 0.3 is 0 Å². The van der Waals surface area contributed by atoms with Crippen molar-refractivity contribution in [3.05, 3.63) is 29.8 Å². The fourth-order valence-corrected chi connectivity index (χ4v) is 1.24. The van der Waals surface area contributed by atoms with Crippen LogP contribution in [-0.4, -0.2) is 25.7 Å². The zero-order valence-electron chi connectivity index (χ0n) is 8.99. The molecule has 3 N–H and O–H groups in total. The Hall–Kier alpha value is -1.55. The minimum Gasteiger partial charge on any atom is -0.488 e. The normalized spacial score (nSPS) is 12.1. The number of nitrogen functional groups attached to an aromatic ring is 1. The molecule has 4 heteroatoms. The van der Waals surface area contributed by atoms with Gasteiger partial charge in [0.1, 0.15) is 17.7 Å². The van der Waals surface area contributed by atoms with Gasteiger partial charge in [0.2, 0.25) is 0 Å². The summed E-state index contributed by atoms with van der Waals surface area (Å²) in [5.74, 6) is 0.743. The average Bonchev–Trinajstić information content (AvgIpc) is 2.18. The highest BCUT2D eigenvalue weighted by molar-refractivity contribution is 5.95. The largest absolute Gasteiger partial charge is 0.488 e. The maximum absolute atomic E-state index is 7.29. The predicted octanol–water partition coefficient (Wildman–Crippen LogP) is 1.38. The molecule has 1 rings (SSSR count). The highest BCUT2D eigenvalue weighted by Crippen LogP contribution is 2.14. The monoisotopic (exact) mass is 208 g/mol. The molecule has 0 aliphatic rings. The van der Waals surface area contributed by atoms with Crippen LogP contribution in [0.25, 0.3) is 0 Å². The summed E-state index contributed by atoms with van der Waals surface area (Å²) in [6, 6.07) is 7.16. The Labute approximate surface area is 89.5 Å². The molecule has 0 amide bonds. The summed E-state index contributed by atoms with van der Waals surface area (Å²) in [5.41, 5.74) is 6.04. The van der Waals surface area contributed by atoms with Gasteiger partial charge < -0.3 is 15.2 Å². The number of methoxy groups -OCH3 is 1. The topological polar surface area (TPSA) is 68.3 Å². The van der Waals surface area contributed by atoms with Gasteiger partial charge in [-0.25, -0.2) is 0 Å². The van der Waals surface area contributed by atoms with Crippen molar-refractivity contribution in [2.24, 2.45) is 5.73 Å². The molecule has 0 saturated carbocycles. The third-order valence-electron chi connectivity index (χ3n) is 1.88. The highest BCUT2D eigenvalue weighted by atomic mass is 16.5. The minimum atomic E-state index is -0.0165. The standard InChI is InChI=1S/C11H16N2O2/c1-8(7-14-2)15-10-5-3-4-9(6-10)11(12)13/h3-6,8H,7H2,1-2H3,(H3,12,13). The Kier molecular flexibility index (Phi) is 4.12. The van der Waals surface area contributed by atoms with Crippen LogP contribution in [0.3, 0.4) is 0 Å². The second-order valence-corrected chi connectivity index (χ2v) is 3.33. The molecule has 1 aromatic carbocycles. The van der Waals surface area contributed by atoms with E-state index in [4.69, 9.17) is 20.6 Å². The fourth-order valence-electron chi connectivity index (χ4n) is 1.24. The number of hydrogen-bond donors (Lipinski definition) is 2. The van der Waals surface area contributed by atoms with E-state index in [0.29, 0.717) is 17.9 Å². The number of ether oxygens (including phenoxy) is 2. The van der Waals surface area contributed by atoms with Crippen LogP contribution in [0.1, 0.15) is 12.5 Å². The van der Waals surface area contributed by atoms with E-state index in [1.54, 1.807) is 19.2 Å². The summed E-state index contributed by atoms with van der Waals surface area (Å²) in [6.07, 6.45) is -0.0165. The fraction of sp³-hybridized carbons (Fsp3) is 0.364. The quantitative estimate of drug-likeness (QED) is 0.567. The maximum atomic E-state index is 7.29. The Balaban J connectivity index is 2.69. The van der Waals surface area contributed by atoms with Gasteiger partial charge in [-0.2, -0.15) is 0 Å². The van der Waals surface area contributed by atoms with Crippen molar-refractivity contribution in [2.45, 2.75) is 13.0 Å². The molecule has 0 aliphatic heterocycles. The minimum absolute atomic E-state index is 0.0165. The molecule has 1 atom stereocenters. The van der Waals surface area contributed by atoms with Crippen LogP contribution >= 0.6 is 0 Å². The Bertz CT molecular complexity index is 339. The Morgan fingerprint density at radius 3 is 2.87 bits per heavy atom. The summed E-state index contributed by atoms with van der Waals surface area (Å²) in [4.78, 5) is 0. The molecule has 0 bridgehead atoms. The molecule has 0 aromatic heterocycles. The van der Waals surface area contributed by atoms with Crippen LogP contribution < -0.4 is 10.5 Å². The first kappa shape index (κ1) is 11.5. The van der Waals surface area contributed by atoms with Gasteiger partial charge in [-0.15, -0.1) is 0 Å². The smallest absolute Gasteiger partial charge is 0.122 e. The van der Waals surface area contributed by atoms with Crippen molar-refractivity contribution in [3.8, 4) is 5.75 Å². The highest BCUT2D eigenvalue weighted by Gasteiger charge is 2.04. The van der Waals surface area contributed by atoms with E-state index in [0.717, 1.165) is 0 Å². The van der Waals surface area contributed by atoms with E-state index in [2.05, 4.69) is 0 Å². The lowest BCUT2D eigenvalue weighted by atomic mass is 10.2. The molecule has 0 radical (unpaired) electrons. The van der Waals surface area contributed by atoms with Crippen molar-refractivity contribution in [2.75, 3.05) is 13.7 Å². The lowest BCUT2D eigenvalue weighted by Gasteiger charge is -2.14. The van der Waals surface area contributed by atoms with Gasteiger partial charge in [0.05, 0.1) is 6.61 Å². The number of benzene rings is 1. The number of hydrogen-bond acceptors (Lipinski definition) is 3. The van der Waals surface area contributed by atoms with Crippen LogP contribution in [0.15, 0.2) is 24.3 Å². The van der Waals surface area contributed by atoms with Gasteiger partial charge in [-0.3, -0.25) is 5.41 Å². The molecule has 0 heterocycles. The Morgan fingerprint density at radius 1 is 1.53 bits per heavy atom. The van der Waals surface area contributed by atoms with E-state index in [1.165, 1.54) is 0 Å². The van der Waals surface area contributed by atoms with Crippen molar-refractivity contribution >= 4 is 5.84 Å². The maximum Gasteiger partial charge on any atom is 0.122 e. The van der Waals surface area contributed by atoms with Gasteiger partial charge in [-0.05, 0) is 19.1 Å². The van der Waals surface area contributed by atoms with E-state index >= 15 is 0 Å². The van der Waals surface area contributed by atoms with Crippen LogP contribution in [0.5, 0.6) is 5.75 Å². The van der Waals surface area contributed by atoms with Crippen molar-refractivity contribution in [1.82, 2.24) is 0 Å². The third kappa shape index (κ3) is 3.59. The Morgan fingerprint density at radius 2 is 2.27 bits per heavy atom. The average molecular weight is 208 g/mol. The van der Waals surface area contributed by atoms with Crippen LogP contribution in [0.2, 0.25) is 0 Å². The SMILES string of the molecule is COCC(C)Oc1cccc(C(=N)N)c1. The second-order valence-electron chi connectivity index (χ2n) is 3.33. The molecule has 82 valence electrons. The molecule has 0 saturated heterocycles. The molecular formula is C11H16N2O2. The lowest BCUT2D eigenvalue weighted by Crippen LogP contribution is -2.18. The lowest BCUT2D eigenvalue weighted by molar-refractivity contribution is 0.0921. The first-order valence-corrected chi connectivity index (χ1v) is 4.73. The zero-order valence-corrected chi connectivity index (χ0v) is 8.99. The van der Waals surface area contributed by atoms with Gasteiger partial charge in [-0.1, -0.05) is 12.1 Å². The molecular weight excluding hydrogens is 192 g/mol. The predicted molar refractivity (Wildman–Crippen MR) is 59.4 cm³/mol. The molecule has 0 fully saturated rings. The number of rotatable bonds is 5. The number of amidine groups is 1. The molecule has 0 spiro atoms. The van der Waals surface area contributed by atoms with Crippen LogP contribution in [-0.2, 0) is 4.74 Å². The molecule has 15 heavy (non-hydrogen) atoms. The zero-order chi connectivity index (χ0) is 11.3. The number of nitrogens with one attached hydrogen (secondary N) is 1.